The number of hydrogen-bond donors (Lipinski definition) is 0. The molecule has 6 rings (SSSR count). The van der Waals surface area contributed by atoms with Crippen LogP contribution in [0.15, 0.2) is 65.9 Å². The Bertz CT molecular complexity index is 1400. The Morgan fingerprint density at radius 1 is 1.03 bits per heavy atom. The van der Waals surface area contributed by atoms with Gasteiger partial charge in [-0.3, -0.25) is 9.69 Å². The topological polar surface area (TPSA) is 112 Å². The van der Waals surface area contributed by atoms with E-state index >= 15 is 0 Å². The highest BCUT2D eigenvalue weighted by molar-refractivity contribution is 6.11. The zero-order valence-corrected chi connectivity index (χ0v) is 21.1. The van der Waals surface area contributed by atoms with E-state index in [1.807, 2.05) is 54.6 Å². The van der Waals surface area contributed by atoms with Crippen LogP contribution in [-0.2, 0) is 39.9 Å². The number of carbonyl (C=O) groups excluding carboxylic acids is 4. The molecule has 1 unspecified atom stereocenters. The number of nitrogens with zero attached hydrogens (tertiary/aromatic N) is 2. The van der Waals surface area contributed by atoms with Crippen molar-refractivity contribution in [1.29, 1.82) is 0 Å². The molecular formula is C28H26N2O8. The summed E-state index contributed by atoms with van der Waals surface area (Å²) in [6.07, 6.45) is -0.847. The molecule has 3 bridgehead atoms. The van der Waals surface area contributed by atoms with E-state index in [9.17, 15) is 19.2 Å². The molecule has 2 fully saturated rings. The summed E-state index contributed by atoms with van der Waals surface area (Å²) in [5.74, 6) is -4.53. The van der Waals surface area contributed by atoms with Gasteiger partial charge < -0.3 is 18.9 Å². The molecule has 4 heterocycles. The molecule has 0 radical (unpaired) electrons. The highest BCUT2D eigenvalue weighted by Crippen LogP contribution is 2.67. The lowest BCUT2D eigenvalue weighted by molar-refractivity contribution is -0.209. The van der Waals surface area contributed by atoms with Gasteiger partial charge in [-0.05, 0) is 30.5 Å². The van der Waals surface area contributed by atoms with Gasteiger partial charge in [-0.2, -0.15) is 0 Å². The van der Waals surface area contributed by atoms with E-state index in [-0.39, 0.29) is 30.9 Å². The van der Waals surface area contributed by atoms with Crippen molar-refractivity contribution in [3.05, 3.63) is 82.6 Å². The summed E-state index contributed by atoms with van der Waals surface area (Å²) >= 11 is 0. The Hall–Kier alpha value is -4.18. The van der Waals surface area contributed by atoms with Crippen molar-refractivity contribution in [3.63, 3.8) is 0 Å². The fourth-order valence-corrected chi connectivity index (χ4v) is 6.36. The van der Waals surface area contributed by atoms with Crippen LogP contribution >= 0.6 is 0 Å². The average Bonchev–Trinajstić information content (AvgIpc) is 3.41. The largest absolute Gasteiger partial charge is 0.466 e. The normalized spacial score (nSPS) is 28.2. The average molecular weight is 519 g/mol. The van der Waals surface area contributed by atoms with E-state index in [1.54, 1.807) is 13.8 Å². The fraction of sp³-hybridized carbons (Fsp3) is 0.357. The molecule has 4 aliphatic rings. The summed E-state index contributed by atoms with van der Waals surface area (Å²) in [7, 11) is 1.18. The highest BCUT2D eigenvalue weighted by atomic mass is 16.6. The molecule has 2 aromatic rings. The Labute approximate surface area is 218 Å². The smallest absolute Gasteiger partial charge is 0.418 e. The van der Waals surface area contributed by atoms with Crippen LogP contribution in [0.4, 0.5) is 4.79 Å². The maximum atomic E-state index is 14.0. The molecule has 0 N–H and O–H groups in total. The van der Waals surface area contributed by atoms with Crippen LogP contribution in [0.3, 0.4) is 0 Å². The first-order chi connectivity index (χ1) is 18.3. The van der Waals surface area contributed by atoms with Gasteiger partial charge in [0.1, 0.15) is 6.61 Å². The van der Waals surface area contributed by atoms with Gasteiger partial charge in [0.05, 0.1) is 31.2 Å². The number of hydrogen-bond acceptors (Lipinski definition) is 8. The molecule has 10 nitrogen and oxygen atoms in total. The minimum atomic E-state index is -1.96. The van der Waals surface area contributed by atoms with Crippen LogP contribution in [0, 0.1) is 0 Å². The molecule has 0 saturated carbocycles. The number of benzene rings is 2. The van der Waals surface area contributed by atoms with E-state index in [0.717, 1.165) is 11.1 Å². The van der Waals surface area contributed by atoms with Gasteiger partial charge >= 0.3 is 18.0 Å². The Kier molecular flexibility index (Phi) is 5.36. The molecule has 4 atom stereocenters. The number of amides is 2. The lowest BCUT2D eigenvalue weighted by Gasteiger charge is -2.57. The second-order valence-electron chi connectivity index (χ2n) is 9.64. The van der Waals surface area contributed by atoms with Crippen molar-refractivity contribution >= 4 is 23.9 Å². The van der Waals surface area contributed by atoms with Crippen LogP contribution in [0.5, 0.6) is 0 Å². The van der Waals surface area contributed by atoms with Gasteiger partial charge in [-0.15, -0.1) is 0 Å². The molecule has 0 aliphatic carbocycles. The van der Waals surface area contributed by atoms with Crippen molar-refractivity contribution in [2.45, 2.75) is 50.3 Å². The molecular weight excluding hydrogens is 492 g/mol. The van der Waals surface area contributed by atoms with E-state index in [0.29, 0.717) is 5.56 Å². The number of allylic oxidation sites excluding steroid dienone is 1. The number of methoxy groups -OCH3 is 1. The third-order valence-electron chi connectivity index (χ3n) is 7.82. The zero-order valence-electron chi connectivity index (χ0n) is 21.1. The molecule has 38 heavy (non-hydrogen) atoms. The Morgan fingerprint density at radius 2 is 1.71 bits per heavy atom. The summed E-state index contributed by atoms with van der Waals surface area (Å²) in [5.41, 5.74) is 0.604. The van der Waals surface area contributed by atoms with E-state index in [4.69, 9.17) is 18.9 Å². The minimum absolute atomic E-state index is 0.0246. The van der Waals surface area contributed by atoms with Gasteiger partial charge in [-0.25, -0.2) is 19.3 Å². The number of esters is 2. The lowest BCUT2D eigenvalue weighted by Crippen LogP contribution is -2.70. The predicted molar refractivity (Wildman–Crippen MR) is 130 cm³/mol. The molecule has 2 aromatic carbocycles. The number of rotatable bonds is 5. The quantitative estimate of drug-likeness (QED) is 0.337. The summed E-state index contributed by atoms with van der Waals surface area (Å²) in [5, 5.41) is 0. The summed E-state index contributed by atoms with van der Waals surface area (Å²) in [6, 6.07) is 15.5. The van der Waals surface area contributed by atoms with E-state index in [2.05, 4.69) is 0 Å². The second-order valence-corrected chi connectivity index (χ2v) is 9.64. The van der Waals surface area contributed by atoms with Crippen molar-refractivity contribution in [2.75, 3.05) is 13.7 Å². The standard InChI is InChI=1S/C28H26N2O8/c1-4-36-23(31)21-16(2)29(26(34)37-15-17-10-6-5-7-11-17)28-20-14-27(38-28,25(33)35-3)24(32)30(28)22(21)19-13-9-8-12-18(19)20/h5-13,20,22H,4,14-15H2,1-3H3/t20?,22-,27-,28-/m1/s1. The van der Waals surface area contributed by atoms with Gasteiger partial charge in [0.15, 0.2) is 0 Å². The second kappa shape index (κ2) is 8.42. The van der Waals surface area contributed by atoms with Gasteiger partial charge in [0, 0.05) is 12.1 Å². The molecule has 2 saturated heterocycles. The van der Waals surface area contributed by atoms with Gasteiger partial charge in [0.25, 0.3) is 5.91 Å². The van der Waals surface area contributed by atoms with Crippen molar-refractivity contribution in [2.24, 2.45) is 0 Å². The van der Waals surface area contributed by atoms with Crippen molar-refractivity contribution in [3.8, 4) is 0 Å². The van der Waals surface area contributed by atoms with Crippen LogP contribution in [0.1, 0.15) is 48.9 Å². The van der Waals surface area contributed by atoms with Gasteiger partial charge in [0.2, 0.25) is 11.4 Å². The number of ether oxygens (including phenoxy) is 4. The molecule has 2 amide bonds. The lowest BCUT2D eigenvalue weighted by atomic mass is 9.70. The Morgan fingerprint density at radius 3 is 2.39 bits per heavy atom. The third-order valence-corrected chi connectivity index (χ3v) is 7.82. The first-order valence-corrected chi connectivity index (χ1v) is 12.4. The van der Waals surface area contributed by atoms with Crippen LogP contribution in [0.2, 0.25) is 0 Å². The predicted octanol–water partition coefficient (Wildman–Crippen LogP) is 3.14. The van der Waals surface area contributed by atoms with Crippen LogP contribution in [0.25, 0.3) is 0 Å². The van der Waals surface area contributed by atoms with Crippen molar-refractivity contribution < 1.29 is 38.1 Å². The number of piperidine rings is 1. The monoisotopic (exact) mass is 518 g/mol. The fourth-order valence-electron chi connectivity index (χ4n) is 6.36. The maximum Gasteiger partial charge on any atom is 0.418 e. The molecule has 1 spiro atoms. The zero-order chi connectivity index (χ0) is 26.8. The molecule has 196 valence electrons. The molecule has 10 heteroatoms. The van der Waals surface area contributed by atoms with Crippen molar-refractivity contribution in [1.82, 2.24) is 9.80 Å². The Balaban J connectivity index is 1.56. The van der Waals surface area contributed by atoms with E-state index in [1.165, 1.54) is 16.9 Å². The van der Waals surface area contributed by atoms with Gasteiger partial charge in [-0.1, -0.05) is 54.6 Å². The molecule has 4 aliphatic heterocycles. The van der Waals surface area contributed by atoms with Crippen LogP contribution < -0.4 is 0 Å². The maximum absolute atomic E-state index is 14.0. The SMILES string of the molecule is CCOC(=O)C1=C(C)N(C(=O)OCc2ccccc2)[C@]23O[C@]4(C(=O)OC)CC2c2ccccc2[C@H]1N3C4=O. The summed E-state index contributed by atoms with van der Waals surface area (Å²) in [4.78, 5) is 56.9. The number of fused-ring (bicyclic) bond motifs is 4. The summed E-state index contributed by atoms with van der Waals surface area (Å²) < 4.78 is 22.5. The number of carbonyl (C=O) groups is 4. The highest BCUT2D eigenvalue weighted by Gasteiger charge is 2.82. The van der Waals surface area contributed by atoms with Crippen LogP contribution in [-0.4, -0.2) is 58.9 Å². The minimum Gasteiger partial charge on any atom is -0.466 e. The first-order valence-electron chi connectivity index (χ1n) is 12.4. The third kappa shape index (κ3) is 2.92. The molecule has 0 aromatic heterocycles. The summed E-state index contributed by atoms with van der Waals surface area (Å²) in [6.45, 7) is 3.32. The first kappa shape index (κ1) is 24.2. The van der Waals surface area contributed by atoms with E-state index < -0.39 is 47.3 Å².